The van der Waals surface area contributed by atoms with Crippen molar-refractivity contribution >= 4 is 27.9 Å². The van der Waals surface area contributed by atoms with Gasteiger partial charge in [0.2, 0.25) is 0 Å². The van der Waals surface area contributed by atoms with Crippen LogP contribution in [0, 0.1) is 0 Å². The van der Waals surface area contributed by atoms with Gasteiger partial charge in [0.25, 0.3) is 5.91 Å². The van der Waals surface area contributed by atoms with Crippen molar-refractivity contribution in [3.05, 3.63) is 16.4 Å². The Labute approximate surface area is 144 Å². The number of aryl methyl sites for hydroxylation is 1. The number of aromatic nitrogens is 2. The van der Waals surface area contributed by atoms with E-state index in [1.54, 1.807) is 27.7 Å². The number of carbonyl (C=O) groups excluding carboxylic acids is 2. The number of piperazine rings is 1. The lowest BCUT2D eigenvalue weighted by molar-refractivity contribution is 0.00603. The van der Waals surface area contributed by atoms with Crippen LogP contribution in [0.3, 0.4) is 0 Å². The molecule has 0 aromatic carbocycles. The molecule has 128 valence electrons. The monoisotopic (exact) mass is 386 g/mol. The van der Waals surface area contributed by atoms with Gasteiger partial charge in [-0.05, 0) is 43.6 Å². The highest BCUT2D eigenvalue weighted by Gasteiger charge is 2.33. The molecule has 0 bridgehead atoms. The second-order valence-electron chi connectivity index (χ2n) is 6.77. The quantitative estimate of drug-likeness (QED) is 0.742. The number of ether oxygens (including phenoxy) is 1. The van der Waals surface area contributed by atoms with Gasteiger partial charge in [0, 0.05) is 38.9 Å². The first-order valence-electron chi connectivity index (χ1n) is 7.56. The molecule has 0 N–H and O–H groups in total. The molecule has 1 aromatic heterocycles. The summed E-state index contributed by atoms with van der Waals surface area (Å²) in [7, 11) is 1.77. The third-order valence-electron chi connectivity index (χ3n) is 3.53. The largest absolute Gasteiger partial charge is 0.444 e. The van der Waals surface area contributed by atoms with E-state index in [0.29, 0.717) is 29.8 Å². The lowest BCUT2D eigenvalue weighted by Crippen LogP contribution is -2.56. The van der Waals surface area contributed by atoms with Gasteiger partial charge in [0.05, 0.1) is 4.47 Å². The van der Waals surface area contributed by atoms with Gasteiger partial charge in [-0.25, -0.2) is 4.79 Å². The molecule has 1 saturated heterocycles. The second-order valence-corrected chi connectivity index (χ2v) is 7.63. The van der Waals surface area contributed by atoms with E-state index in [2.05, 4.69) is 21.0 Å². The van der Waals surface area contributed by atoms with Crippen molar-refractivity contribution in [1.82, 2.24) is 19.6 Å². The Bertz CT molecular complexity index is 608. The Morgan fingerprint density at radius 3 is 2.48 bits per heavy atom. The highest BCUT2D eigenvalue weighted by atomic mass is 79.9. The molecule has 2 heterocycles. The Morgan fingerprint density at radius 1 is 1.35 bits per heavy atom. The summed E-state index contributed by atoms with van der Waals surface area (Å²) in [5, 5.41) is 4.20. The summed E-state index contributed by atoms with van der Waals surface area (Å²) in [5.74, 6) is -0.131. The Hall–Kier alpha value is -1.57. The summed E-state index contributed by atoms with van der Waals surface area (Å²) < 4.78 is 7.66. The van der Waals surface area contributed by atoms with Crippen molar-refractivity contribution in [2.45, 2.75) is 39.3 Å². The first-order valence-corrected chi connectivity index (χ1v) is 8.36. The number of nitrogens with zero attached hydrogens (tertiary/aromatic N) is 4. The summed E-state index contributed by atoms with van der Waals surface area (Å²) >= 11 is 3.36. The lowest BCUT2D eigenvalue weighted by Gasteiger charge is -2.39. The number of rotatable bonds is 1. The third-order valence-corrected chi connectivity index (χ3v) is 4.11. The summed E-state index contributed by atoms with van der Waals surface area (Å²) in [6.07, 6.45) is 1.41. The first-order chi connectivity index (χ1) is 10.6. The maximum Gasteiger partial charge on any atom is 0.410 e. The van der Waals surface area contributed by atoms with Gasteiger partial charge in [0.15, 0.2) is 5.69 Å². The molecule has 0 aliphatic carbocycles. The van der Waals surface area contributed by atoms with E-state index in [0.717, 1.165) is 0 Å². The number of carbonyl (C=O) groups is 2. The molecule has 0 saturated carbocycles. The highest BCUT2D eigenvalue weighted by Crippen LogP contribution is 2.20. The van der Waals surface area contributed by atoms with Crippen molar-refractivity contribution in [1.29, 1.82) is 0 Å². The molecule has 0 radical (unpaired) electrons. The second kappa shape index (κ2) is 6.51. The maximum absolute atomic E-state index is 12.6. The lowest BCUT2D eigenvalue weighted by atomic mass is 10.1. The van der Waals surface area contributed by atoms with E-state index >= 15 is 0 Å². The minimum atomic E-state index is -0.522. The fourth-order valence-electron chi connectivity index (χ4n) is 2.49. The van der Waals surface area contributed by atoms with Crippen LogP contribution in [0.15, 0.2) is 10.7 Å². The summed E-state index contributed by atoms with van der Waals surface area (Å²) in [6.45, 7) is 8.81. The molecular weight excluding hydrogens is 364 g/mol. The number of halogens is 1. The highest BCUT2D eigenvalue weighted by molar-refractivity contribution is 9.10. The maximum atomic E-state index is 12.6. The van der Waals surface area contributed by atoms with Gasteiger partial charge >= 0.3 is 6.09 Å². The van der Waals surface area contributed by atoms with Gasteiger partial charge in [-0.3, -0.25) is 9.48 Å². The Balaban J connectivity index is 2.03. The van der Waals surface area contributed by atoms with E-state index in [9.17, 15) is 9.59 Å². The average Bonchev–Trinajstić information content (AvgIpc) is 2.75. The third kappa shape index (κ3) is 4.25. The van der Waals surface area contributed by atoms with E-state index in [1.165, 1.54) is 0 Å². The predicted molar refractivity (Wildman–Crippen MR) is 89.2 cm³/mol. The molecule has 1 atom stereocenters. The number of hydrogen-bond acceptors (Lipinski definition) is 4. The van der Waals surface area contributed by atoms with E-state index < -0.39 is 5.60 Å². The molecule has 1 aromatic rings. The summed E-state index contributed by atoms with van der Waals surface area (Å²) in [6, 6.07) is -0.0994. The molecular formula is C15H23BrN4O3. The van der Waals surface area contributed by atoms with Gasteiger partial charge < -0.3 is 14.5 Å². The van der Waals surface area contributed by atoms with E-state index in [-0.39, 0.29) is 18.0 Å². The van der Waals surface area contributed by atoms with Crippen LogP contribution in [0.2, 0.25) is 0 Å². The summed E-state index contributed by atoms with van der Waals surface area (Å²) in [4.78, 5) is 28.2. The van der Waals surface area contributed by atoms with Crippen LogP contribution in [0.5, 0.6) is 0 Å². The van der Waals surface area contributed by atoms with Crippen LogP contribution in [0.1, 0.15) is 38.2 Å². The van der Waals surface area contributed by atoms with Crippen molar-refractivity contribution in [2.75, 3.05) is 19.6 Å². The van der Waals surface area contributed by atoms with Gasteiger partial charge in [0.1, 0.15) is 5.60 Å². The average molecular weight is 387 g/mol. The molecule has 1 fully saturated rings. The van der Waals surface area contributed by atoms with E-state index in [1.807, 2.05) is 27.7 Å². The smallest absolute Gasteiger partial charge is 0.410 e. The number of hydrogen-bond donors (Lipinski definition) is 0. The Kier molecular flexibility index (Phi) is 5.03. The van der Waals surface area contributed by atoms with Crippen LogP contribution < -0.4 is 0 Å². The zero-order valence-corrected chi connectivity index (χ0v) is 15.8. The molecule has 0 spiro atoms. The Morgan fingerprint density at radius 2 is 2.00 bits per heavy atom. The zero-order valence-electron chi connectivity index (χ0n) is 14.2. The van der Waals surface area contributed by atoms with Crippen LogP contribution in [-0.2, 0) is 11.8 Å². The van der Waals surface area contributed by atoms with Gasteiger partial charge in [-0.2, -0.15) is 5.10 Å². The van der Waals surface area contributed by atoms with Crippen LogP contribution in [0.4, 0.5) is 4.79 Å². The van der Waals surface area contributed by atoms with Crippen molar-refractivity contribution in [3.63, 3.8) is 0 Å². The molecule has 0 unspecified atom stereocenters. The molecule has 1 aliphatic heterocycles. The first kappa shape index (κ1) is 17.8. The predicted octanol–water partition coefficient (Wildman–Crippen LogP) is 2.26. The van der Waals surface area contributed by atoms with Crippen LogP contribution in [-0.4, -0.2) is 62.9 Å². The van der Waals surface area contributed by atoms with Crippen molar-refractivity contribution in [3.8, 4) is 0 Å². The fraction of sp³-hybridized carbons (Fsp3) is 0.667. The molecule has 2 amide bonds. The fourth-order valence-corrected chi connectivity index (χ4v) is 3.04. The molecule has 7 nitrogen and oxygen atoms in total. The molecule has 1 aliphatic rings. The minimum Gasteiger partial charge on any atom is -0.444 e. The minimum absolute atomic E-state index is 0.0994. The van der Waals surface area contributed by atoms with Gasteiger partial charge in [-0.15, -0.1) is 0 Å². The van der Waals surface area contributed by atoms with Crippen LogP contribution >= 0.6 is 15.9 Å². The van der Waals surface area contributed by atoms with Crippen LogP contribution in [0.25, 0.3) is 0 Å². The normalized spacial score (nSPS) is 19.0. The van der Waals surface area contributed by atoms with Crippen molar-refractivity contribution < 1.29 is 14.3 Å². The summed E-state index contributed by atoms with van der Waals surface area (Å²) in [5.41, 5.74) is -0.128. The zero-order chi connectivity index (χ0) is 17.4. The molecule has 8 heteroatoms. The molecule has 23 heavy (non-hydrogen) atoms. The van der Waals surface area contributed by atoms with Gasteiger partial charge in [-0.1, -0.05) is 0 Å². The number of amides is 2. The standard InChI is InChI=1S/C15H23BrN4O3/c1-10-8-19(14(22)23-15(2,3)4)6-7-20(10)13(21)12-11(16)9-18(5)17-12/h9-10H,6-8H2,1-5H3/t10-/m1/s1. The van der Waals surface area contributed by atoms with Crippen molar-refractivity contribution in [2.24, 2.45) is 7.05 Å². The topological polar surface area (TPSA) is 67.7 Å². The SMILES string of the molecule is C[C@@H]1CN(C(=O)OC(C)(C)C)CCN1C(=O)c1nn(C)cc1Br. The molecule has 2 rings (SSSR count). The van der Waals surface area contributed by atoms with E-state index in [4.69, 9.17) is 4.74 Å².